The smallest absolute Gasteiger partial charge is 0.311 e. The van der Waals surface area contributed by atoms with Gasteiger partial charge in [-0.3, -0.25) is 4.79 Å². The molecule has 0 saturated heterocycles. The molecule has 3 aliphatic carbocycles. The van der Waals surface area contributed by atoms with Gasteiger partial charge in [0.05, 0.1) is 5.41 Å². The fraction of sp³-hybridized carbons (Fsp3) is 0.519. The van der Waals surface area contributed by atoms with Gasteiger partial charge in [-0.15, -0.1) is 12.4 Å². The third kappa shape index (κ3) is 4.54. The van der Waals surface area contributed by atoms with E-state index >= 15 is 0 Å². The maximum Gasteiger partial charge on any atom is 0.311 e. The number of ether oxygens (including phenoxy) is 1. The molecule has 3 saturated carbocycles. The molecule has 168 valence electrons. The lowest BCUT2D eigenvalue weighted by Gasteiger charge is -2.60. The van der Waals surface area contributed by atoms with Crippen LogP contribution in [0, 0.1) is 11.3 Å². The molecule has 0 radical (unpaired) electrons. The van der Waals surface area contributed by atoms with Crippen LogP contribution in [-0.4, -0.2) is 36.6 Å². The van der Waals surface area contributed by atoms with Gasteiger partial charge in [-0.05, 0) is 70.7 Å². The van der Waals surface area contributed by atoms with Crippen LogP contribution in [0.1, 0.15) is 63.0 Å². The van der Waals surface area contributed by atoms with Crippen molar-refractivity contribution in [3.05, 3.63) is 71.8 Å². The Kier molecular flexibility index (Phi) is 6.88. The summed E-state index contributed by atoms with van der Waals surface area (Å²) in [7, 11) is 4.39. The fourth-order valence-electron chi connectivity index (χ4n) is 5.71. The normalized spacial score (nSPS) is 30.0. The Bertz CT molecular complexity index is 826. The quantitative estimate of drug-likeness (QED) is 0.541. The molecular formula is C27H36ClNO2. The number of halogens is 1. The molecule has 5 rings (SSSR count). The Hall–Kier alpha value is -1.84. The summed E-state index contributed by atoms with van der Waals surface area (Å²) in [6.07, 6.45) is 3.07. The number of nitrogens with zero attached hydrogens (tertiary/aromatic N) is 1. The van der Waals surface area contributed by atoms with Gasteiger partial charge in [0.1, 0.15) is 6.10 Å². The lowest BCUT2D eigenvalue weighted by Crippen LogP contribution is -2.61. The van der Waals surface area contributed by atoms with Crippen LogP contribution in [0.15, 0.2) is 60.7 Å². The molecular weight excluding hydrogens is 406 g/mol. The van der Waals surface area contributed by atoms with E-state index in [1.807, 2.05) is 20.8 Å². The number of esters is 1. The largest absolute Gasteiger partial charge is 0.462 e. The summed E-state index contributed by atoms with van der Waals surface area (Å²) < 4.78 is 6.30. The molecule has 0 N–H and O–H groups in total. The lowest BCUT2D eigenvalue weighted by atomic mass is 9.51. The van der Waals surface area contributed by atoms with Crippen molar-refractivity contribution < 1.29 is 9.53 Å². The number of fused-ring (bicyclic) bond motifs is 3. The molecule has 4 heteroatoms. The number of carbonyl (C=O) groups excluding carboxylic acids is 1. The molecule has 2 aromatic rings. The third-order valence-corrected chi connectivity index (χ3v) is 7.41. The Morgan fingerprint density at radius 2 is 1.32 bits per heavy atom. The van der Waals surface area contributed by atoms with Crippen molar-refractivity contribution >= 4 is 18.4 Å². The first-order valence-electron chi connectivity index (χ1n) is 11.2. The van der Waals surface area contributed by atoms with Crippen LogP contribution in [-0.2, 0) is 9.53 Å². The van der Waals surface area contributed by atoms with Crippen molar-refractivity contribution in [2.45, 2.75) is 63.5 Å². The molecule has 3 aliphatic rings. The van der Waals surface area contributed by atoms with Crippen LogP contribution < -0.4 is 0 Å². The molecule has 0 aliphatic heterocycles. The van der Waals surface area contributed by atoms with Gasteiger partial charge in [-0.2, -0.15) is 0 Å². The first-order valence-corrected chi connectivity index (χ1v) is 11.2. The van der Waals surface area contributed by atoms with Crippen molar-refractivity contribution in [1.29, 1.82) is 0 Å². The maximum absolute atomic E-state index is 12.9. The number of benzene rings is 2. The Morgan fingerprint density at radius 3 is 1.71 bits per heavy atom. The zero-order chi connectivity index (χ0) is 21.5. The van der Waals surface area contributed by atoms with E-state index in [0.717, 1.165) is 19.3 Å². The Labute approximate surface area is 193 Å². The highest BCUT2D eigenvalue weighted by atomic mass is 35.5. The fourth-order valence-corrected chi connectivity index (χ4v) is 5.71. The van der Waals surface area contributed by atoms with Crippen molar-refractivity contribution in [3.8, 4) is 0 Å². The van der Waals surface area contributed by atoms with E-state index in [9.17, 15) is 4.79 Å². The summed E-state index contributed by atoms with van der Waals surface area (Å²) in [5.41, 5.74) is 2.27. The highest BCUT2D eigenvalue weighted by molar-refractivity contribution is 5.85. The highest BCUT2D eigenvalue weighted by Crippen LogP contribution is 2.60. The minimum Gasteiger partial charge on any atom is -0.462 e. The number of hydrogen-bond donors (Lipinski definition) is 0. The zero-order valence-electron chi connectivity index (χ0n) is 19.4. The predicted octanol–water partition coefficient (Wildman–Crippen LogP) is 6.05. The van der Waals surface area contributed by atoms with Gasteiger partial charge in [0.15, 0.2) is 0 Å². The highest BCUT2D eigenvalue weighted by Gasteiger charge is 2.58. The number of rotatable bonds is 4. The Balaban J connectivity index is 0.00000272. The zero-order valence-corrected chi connectivity index (χ0v) is 20.2. The molecule has 0 unspecified atom stereocenters. The van der Waals surface area contributed by atoms with E-state index in [4.69, 9.17) is 4.74 Å². The summed E-state index contributed by atoms with van der Waals surface area (Å²) in [4.78, 5) is 15.3. The molecule has 0 aromatic heterocycles. The van der Waals surface area contributed by atoms with E-state index in [0.29, 0.717) is 17.8 Å². The van der Waals surface area contributed by atoms with Gasteiger partial charge in [0.2, 0.25) is 0 Å². The second-order valence-corrected chi connectivity index (χ2v) is 10.5. The maximum atomic E-state index is 12.9. The van der Waals surface area contributed by atoms with Crippen LogP contribution in [0.3, 0.4) is 0 Å². The summed E-state index contributed by atoms with van der Waals surface area (Å²) in [5, 5.41) is 0. The van der Waals surface area contributed by atoms with E-state index in [2.05, 4.69) is 79.7 Å². The van der Waals surface area contributed by atoms with Crippen LogP contribution in [0.4, 0.5) is 0 Å². The number of carbonyl (C=O) groups is 1. The first-order chi connectivity index (χ1) is 14.2. The van der Waals surface area contributed by atoms with Crippen LogP contribution in [0.2, 0.25) is 0 Å². The van der Waals surface area contributed by atoms with Crippen molar-refractivity contribution in [3.63, 3.8) is 0 Å². The van der Waals surface area contributed by atoms with Crippen LogP contribution in [0.25, 0.3) is 0 Å². The van der Waals surface area contributed by atoms with Gasteiger partial charge in [-0.25, -0.2) is 0 Å². The van der Waals surface area contributed by atoms with Gasteiger partial charge in [0, 0.05) is 17.9 Å². The molecule has 2 aromatic carbocycles. The molecule has 31 heavy (non-hydrogen) atoms. The third-order valence-electron chi connectivity index (χ3n) is 7.41. The topological polar surface area (TPSA) is 29.5 Å². The standard InChI is InChI=1S/C27H35NO2.ClH/c1-26(2,3)25(29)30-23-18-27(28(4)5)16-21(19-12-8-6-9-13-19)24(23)22(17-27)20-14-10-7-11-15-20;/h6-15,21-24H,16-18H2,1-5H3;1H/t21-,22-,23+,24?,27?;/m0./s1. The van der Waals surface area contributed by atoms with Crippen LogP contribution >= 0.6 is 12.4 Å². The van der Waals surface area contributed by atoms with Gasteiger partial charge >= 0.3 is 5.97 Å². The molecule has 0 heterocycles. The molecule has 2 bridgehead atoms. The van der Waals surface area contributed by atoms with E-state index in [-0.39, 0.29) is 30.0 Å². The summed E-state index contributed by atoms with van der Waals surface area (Å²) in [6, 6.07) is 21.7. The molecule has 3 fully saturated rings. The SMILES string of the molecule is CN(C)C12C[C@@H](OC(=O)C(C)(C)C)C([C@H](c3ccccc3)C1)[C@H](c1ccccc1)C2.Cl. The molecule has 3 nitrogen and oxygen atoms in total. The van der Waals surface area contributed by atoms with E-state index in [1.165, 1.54) is 11.1 Å². The number of hydrogen-bond acceptors (Lipinski definition) is 3. The average Bonchev–Trinajstić information content (AvgIpc) is 2.74. The van der Waals surface area contributed by atoms with E-state index < -0.39 is 5.41 Å². The summed E-state index contributed by atoms with van der Waals surface area (Å²) in [6.45, 7) is 5.84. The lowest BCUT2D eigenvalue weighted by molar-refractivity contribution is -0.175. The summed E-state index contributed by atoms with van der Waals surface area (Å²) in [5.74, 6) is 0.952. The van der Waals surface area contributed by atoms with Gasteiger partial charge in [0.25, 0.3) is 0 Å². The van der Waals surface area contributed by atoms with E-state index in [1.54, 1.807) is 0 Å². The molecule has 3 atom stereocenters. The minimum atomic E-state index is -0.494. The monoisotopic (exact) mass is 441 g/mol. The second-order valence-electron chi connectivity index (χ2n) is 10.5. The Morgan fingerprint density at radius 1 is 0.871 bits per heavy atom. The second kappa shape index (κ2) is 8.96. The molecule has 0 spiro atoms. The van der Waals surface area contributed by atoms with Gasteiger partial charge < -0.3 is 9.64 Å². The van der Waals surface area contributed by atoms with Crippen molar-refractivity contribution in [2.75, 3.05) is 14.1 Å². The first kappa shape index (κ1) is 23.8. The average molecular weight is 442 g/mol. The predicted molar refractivity (Wildman–Crippen MR) is 129 cm³/mol. The van der Waals surface area contributed by atoms with Gasteiger partial charge in [-0.1, -0.05) is 60.7 Å². The van der Waals surface area contributed by atoms with Crippen molar-refractivity contribution in [1.82, 2.24) is 4.90 Å². The van der Waals surface area contributed by atoms with Crippen molar-refractivity contribution in [2.24, 2.45) is 11.3 Å². The minimum absolute atomic E-state index is 0. The van der Waals surface area contributed by atoms with Crippen LogP contribution in [0.5, 0.6) is 0 Å². The summed E-state index contributed by atoms with van der Waals surface area (Å²) >= 11 is 0. The molecule has 0 amide bonds.